The van der Waals surface area contributed by atoms with Crippen molar-refractivity contribution < 1.29 is 9.85 Å². The van der Waals surface area contributed by atoms with E-state index in [-0.39, 0.29) is 11.6 Å². The molecule has 12 heteroatoms. The first-order chi connectivity index (χ1) is 13.9. The summed E-state index contributed by atoms with van der Waals surface area (Å²) in [5.74, 6) is -0.235. The minimum absolute atomic E-state index is 0.0549. The van der Waals surface area contributed by atoms with Crippen LogP contribution in [0.15, 0.2) is 64.9 Å². The normalized spacial score (nSPS) is 10.8. The van der Waals surface area contributed by atoms with Gasteiger partial charge in [-0.25, -0.2) is 4.68 Å². The van der Waals surface area contributed by atoms with Crippen molar-refractivity contribution in [1.82, 2.24) is 9.78 Å². The quantitative estimate of drug-likeness (QED) is 0.277. The Morgan fingerprint density at radius 1 is 1.07 bits per heavy atom. The van der Waals surface area contributed by atoms with Crippen molar-refractivity contribution in [3.8, 4) is 16.9 Å². The van der Waals surface area contributed by atoms with E-state index in [9.17, 15) is 20.2 Å². The number of nitrogens with two attached hydrogens (primary N) is 2. The van der Waals surface area contributed by atoms with Crippen molar-refractivity contribution >= 4 is 23.5 Å². The number of benzene rings is 2. The molecule has 1 aromatic heterocycles. The second-order valence-corrected chi connectivity index (χ2v) is 5.70. The maximum Gasteiger partial charge on any atom is 0.301 e. The number of aromatic nitrogens is 2. The SMILES string of the molecule is NC(N)=N/N=C/c1cn(-c2ccc([N+](=O)[O-])cc2[N+](=O)[O-])nc1-c1ccccc1. The zero-order chi connectivity index (χ0) is 21.0. The Labute approximate surface area is 163 Å². The number of non-ortho nitro benzene ring substituents is 1. The van der Waals surface area contributed by atoms with E-state index in [1.165, 1.54) is 29.2 Å². The number of nitro benzene ring substituents is 2. The number of guanidine groups is 1. The molecule has 0 amide bonds. The molecule has 0 atom stereocenters. The molecular weight excluding hydrogens is 380 g/mol. The Morgan fingerprint density at radius 3 is 2.41 bits per heavy atom. The Kier molecular flexibility index (Phi) is 5.26. The molecule has 0 spiro atoms. The van der Waals surface area contributed by atoms with Gasteiger partial charge in [0.2, 0.25) is 5.96 Å². The average Bonchev–Trinajstić information content (AvgIpc) is 3.11. The van der Waals surface area contributed by atoms with Crippen molar-refractivity contribution in [3.05, 3.63) is 80.5 Å². The first-order valence-corrected chi connectivity index (χ1v) is 8.07. The van der Waals surface area contributed by atoms with Crippen molar-refractivity contribution in [2.45, 2.75) is 0 Å². The maximum atomic E-state index is 11.4. The lowest BCUT2D eigenvalue weighted by atomic mass is 10.1. The summed E-state index contributed by atoms with van der Waals surface area (Å²) < 4.78 is 1.25. The van der Waals surface area contributed by atoms with Gasteiger partial charge in [-0.3, -0.25) is 20.2 Å². The predicted octanol–water partition coefficient (Wildman–Crippen LogP) is 1.96. The molecule has 0 saturated heterocycles. The van der Waals surface area contributed by atoms with Crippen LogP contribution in [0.4, 0.5) is 11.4 Å². The number of rotatable bonds is 6. The highest BCUT2D eigenvalue weighted by Gasteiger charge is 2.22. The molecule has 12 nitrogen and oxygen atoms in total. The van der Waals surface area contributed by atoms with Gasteiger partial charge in [0, 0.05) is 23.4 Å². The second-order valence-electron chi connectivity index (χ2n) is 5.70. The van der Waals surface area contributed by atoms with Crippen LogP contribution in [0.2, 0.25) is 0 Å². The standard InChI is InChI=1S/C17H14N8O4/c18-17(19)21-20-9-12-10-23(22-16(12)11-4-2-1-3-5-11)14-7-6-13(24(26)27)8-15(14)25(28)29/h1-10H,(H4,18,19,21)/b20-9+. The van der Waals surface area contributed by atoms with Crippen LogP contribution in [-0.2, 0) is 0 Å². The monoisotopic (exact) mass is 394 g/mol. The van der Waals surface area contributed by atoms with Crippen LogP contribution < -0.4 is 11.5 Å². The Morgan fingerprint density at radius 2 is 1.79 bits per heavy atom. The lowest BCUT2D eigenvalue weighted by Gasteiger charge is -2.03. The van der Waals surface area contributed by atoms with E-state index in [0.29, 0.717) is 11.3 Å². The zero-order valence-electron chi connectivity index (χ0n) is 14.7. The van der Waals surface area contributed by atoms with Gasteiger partial charge < -0.3 is 11.5 Å². The first-order valence-electron chi connectivity index (χ1n) is 8.07. The lowest BCUT2D eigenvalue weighted by Crippen LogP contribution is -2.21. The molecule has 0 aliphatic carbocycles. The third-order valence-electron chi connectivity index (χ3n) is 3.77. The number of hydrogen-bond donors (Lipinski definition) is 2. The molecule has 3 aromatic rings. The molecule has 0 aliphatic heterocycles. The molecule has 4 N–H and O–H groups in total. The van der Waals surface area contributed by atoms with E-state index in [0.717, 1.165) is 11.6 Å². The number of nitrogens with zero attached hydrogens (tertiary/aromatic N) is 6. The van der Waals surface area contributed by atoms with E-state index in [2.05, 4.69) is 15.3 Å². The summed E-state index contributed by atoms with van der Waals surface area (Å²) in [5, 5.41) is 34.1. The summed E-state index contributed by atoms with van der Waals surface area (Å²) in [7, 11) is 0. The van der Waals surface area contributed by atoms with Crippen LogP contribution in [-0.4, -0.2) is 31.8 Å². The van der Waals surface area contributed by atoms with Crippen LogP contribution in [0.1, 0.15) is 5.56 Å². The predicted molar refractivity (Wildman–Crippen MR) is 106 cm³/mol. The van der Waals surface area contributed by atoms with E-state index in [1.54, 1.807) is 24.3 Å². The molecule has 29 heavy (non-hydrogen) atoms. The highest BCUT2D eigenvalue weighted by Crippen LogP contribution is 2.29. The highest BCUT2D eigenvalue weighted by molar-refractivity contribution is 5.89. The van der Waals surface area contributed by atoms with Gasteiger partial charge in [-0.2, -0.15) is 10.2 Å². The summed E-state index contributed by atoms with van der Waals surface area (Å²) in [6.45, 7) is 0. The van der Waals surface area contributed by atoms with Gasteiger partial charge in [0.25, 0.3) is 5.69 Å². The van der Waals surface area contributed by atoms with E-state index < -0.39 is 21.2 Å². The Balaban J connectivity index is 2.17. The van der Waals surface area contributed by atoms with Gasteiger partial charge in [0.05, 0.1) is 22.1 Å². The van der Waals surface area contributed by atoms with Gasteiger partial charge in [0.1, 0.15) is 11.4 Å². The third-order valence-corrected chi connectivity index (χ3v) is 3.77. The minimum atomic E-state index is -0.709. The fourth-order valence-electron chi connectivity index (χ4n) is 2.55. The Hall–Kier alpha value is -4.61. The fraction of sp³-hybridized carbons (Fsp3) is 0. The van der Waals surface area contributed by atoms with Crippen molar-refractivity contribution in [2.24, 2.45) is 21.7 Å². The van der Waals surface area contributed by atoms with Gasteiger partial charge in [0.15, 0.2) is 0 Å². The number of nitro groups is 2. The molecule has 3 rings (SSSR count). The minimum Gasteiger partial charge on any atom is -0.369 e. The molecule has 0 fully saturated rings. The Bertz CT molecular complexity index is 1130. The van der Waals surface area contributed by atoms with Crippen LogP contribution in [0.25, 0.3) is 16.9 Å². The topological polar surface area (TPSA) is 181 Å². The molecule has 0 aliphatic rings. The molecule has 0 radical (unpaired) electrons. The summed E-state index contributed by atoms with van der Waals surface area (Å²) >= 11 is 0. The van der Waals surface area contributed by atoms with Crippen molar-refractivity contribution in [1.29, 1.82) is 0 Å². The van der Waals surface area contributed by atoms with Gasteiger partial charge in [-0.05, 0) is 6.07 Å². The smallest absolute Gasteiger partial charge is 0.301 e. The van der Waals surface area contributed by atoms with Crippen LogP contribution in [0.5, 0.6) is 0 Å². The summed E-state index contributed by atoms with van der Waals surface area (Å²) in [6, 6.07) is 12.3. The van der Waals surface area contributed by atoms with E-state index in [4.69, 9.17) is 11.5 Å². The van der Waals surface area contributed by atoms with Crippen LogP contribution >= 0.6 is 0 Å². The van der Waals surface area contributed by atoms with E-state index in [1.807, 2.05) is 6.07 Å². The second kappa shape index (κ2) is 7.96. The fourth-order valence-corrected chi connectivity index (χ4v) is 2.55. The molecule has 2 aromatic carbocycles. The largest absolute Gasteiger partial charge is 0.369 e. The maximum absolute atomic E-state index is 11.4. The van der Waals surface area contributed by atoms with Gasteiger partial charge in [-0.15, -0.1) is 5.10 Å². The number of hydrogen-bond acceptors (Lipinski definition) is 7. The van der Waals surface area contributed by atoms with Crippen LogP contribution in [0.3, 0.4) is 0 Å². The first kappa shape index (κ1) is 19.2. The molecule has 0 unspecified atom stereocenters. The van der Waals surface area contributed by atoms with Crippen LogP contribution in [0, 0.1) is 20.2 Å². The molecule has 146 valence electrons. The molecule has 0 bridgehead atoms. The molecule has 1 heterocycles. The van der Waals surface area contributed by atoms with Gasteiger partial charge in [-0.1, -0.05) is 30.3 Å². The summed E-state index contributed by atoms with van der Waals surface area (Å²) in [6.07, 6.45) is 2.84. The average molecular weight is 394 g/mol. The lowest BCUT2D eigenvalue weighted by molar-refractivity contribution is -0.394. The summed E-state index contributed by atoms with van der Waals surface area (Å²) in [5.41, 5.74) is 11.4. The third kappa shape index (κ3) is 4.21. The zero-order valence-corrected chi connectivity index (χ0v) is 14.7. The van der Waals surface area contributed by atoms with Crippen molar-refractivity contribution in [3.63, 3.8) is 0 Å². The highest BCUT2D eigenvalue weighted by atomic mass is 16.6. The van der Waals surface area contributed by atoms with Gasteiger partial charge >= 0.3 is 5.69 Å². The van der Waals surface area contributed by atoms with E-state index >= 15 is 0 Å². The summed E-state index contributed by atoms with van der Waals surface area (Å²) in [4.78, 5) is 21.0. The van der Waals surface area contributed by atoms with Crippen molar-refractivity contribution in [2.75, 3.05) is 0 Å². The molecular formula is C17H14N8O4. The molecule has 0 saturated carbocycles.